The lowest BCUT2D eigenvalue weighted by atomic mass is 10.1. The van der Waals surface area contributed by atoms with Crippen LogP contribution in [0.15, 0.2) is 36.4 Å². The number of nitrogens with zero attached hydrogens (tertiary/aromatic N) is 2. The second-order valence-electron chi connectivity index (χ2n) is 7.87. The van der Waals surface area contributed by atoms with Gasteiger partial charge in [-0.1, -0.05) is 12.1 Å². The van der Waals surface area contributed by atoms with Crippen LogP contribution in [0.5, 0.6) is 0 Å². The summed E-state index contributed by atoms with van der Waals surface area (Å²) in [5.41, 5.74) is -10.1. The highest BCUT2D eigenvalue weighted by Crippen LogP contribution is 2.33. The number of hydrogen-bond acceptors (Lipinski definition) is 6. The Labute approximate surface area is 193 Å². The van der Waals surface area contributed by atoms with Crippen LogP contribution in [-0.4, -0.2) is 39.6 Å². The van der Waals surface area contributed by atoms with E-state index in [4.69, 9.17) is 0 Å². The maximum absolute atomic E-state index is 13.3. The van der Waals surface area contributed by atoms with Crippen molar-refractivity contribution in [2.75, 3.05) is 21.8 Å². The summed E-state index contributed by atoms with van der Waals surface area (Å²) >= 11 is 0. The zero-order valence-electron chi connectivity index (χ0n) is 18.5. The first kappa shape index (κ1) is 27.8. The highest BCUT2D eigenvalue weighted by Gasteiger charge is 2.50. The number of aryl methyl sites for hydroxylation is 4. The van der Waals surface area contributed by atoms with Gasteiger partial charge in [0.15, 0.2) is 11.8 Å². The summed E-state index contributed by atoms with van der Waals surface area (Å²) in [6, 6.07) is 8.19. The van der Waals surface area contributed by atoms with Crippen molar-refractivity contribution in [3.05, 3.63) is 58.7 Å². The zero-order chi connectivity index (χ0) is 26.3. The first-order chi connectivity index (χ1) is 15.2. The van der Waals surface area contributed by atoms with Crippen LogP contribution in [0, 0.1) is 27.7 Å². The molecule has 0 spiro atoms. The molecule has 0 unspecified atom stereocenters. The molecule has 0 heterocycles. The van der Waals surface area contributed by atoms with Crippen LogP contribution in [0.3, 0.4) is 0 Å². The first-order valence-corrected chi connectivity index (χ1v) is 12.8. The van der Waals surface area contributed by atoms with E-state index in [1.54, 1.807) is 39.8 Å². The molecule has 0 saturated carbocycles. The molecular formula is C20H22F6N2O4S2. The normalized spacial score (nSPS) is 13.1. The molecule has 0 atom stereocenters. The largest absolute Gasteiger partial charge is 0.499 e. The molecule has 0 aliphatic rings. The van der Waals surface area contributed by atoms with Crippen molar-refractivity contribution in [1.29, 1.82) is 0 Å². The molecule has 0 aliphatic carbocycles. The molecule has 2 aromatic rings. The van der Waals surface area contributed by atoms with Gasteiger partial charge < -0.3 is 0 Å². The summed E-state index contributed by atoms with van der Waals surface area (Å²) in [7, 11) is -11.9. The SMILES string of the molecule is Cc1cc(C)cc(N(CS(=O)(=O)C(F)(F)F)N(CS(=O)(=O)C(F)(F)F)c2cc(C)cc(C)c2)c1. The summed E-state index contributed by atoms with van der Waals surface area (Å²) in [4.78, 5) is 0. The van der Waals surface area contributed by atoms with Crippen molar-refractivity contribution in [3.63, 3.8) is 0 Å². The van der Waals surface area contributed by atoms with Crippen molar-refractivity contribution < 1.29 is 43.2 Å². The summed E-state index contributed by atoms with van der Waals surface area (Å²) in [6.07, 6.45) is 0. The topological polar surface area (TPSA) is 74.8 Å². The van der Waals surface area contributed by atoms with Crippen molar-refractivity contribution in [2.45, 2.75) is 38.7 Å². The van der Waals surface area contributed by atoms with E-state index in [1.165, 1.54) is 24.3 Å². The lowest BCUT2D eigenvalue weighted by Crippen LogP contribution is -2.51. The molecule has 0 saturated heterocycles. The van der Waals surface area contributed by atoms with Crippen molar-refractivity contribution in [2.24, 2.45) is 0 Å². The second-order valence-corrected chi connectivity index (χ2v) is 11.8. The molecular weight excluding hydrogens is 510 g/mol. The van der Waals surface area contributed by atoms with Gasteiger partial charge in [-0.15, -0.1) is 0 Å². The number of sulfone groups is 2. The summed E-state index contributed by atoms with van der Waals surface area (Å²) < 4.78 is 128. The third-order valence-electron chi connectivity index (χ3n) is 4.59. The molecule has 0 fully saturated rings. The summed E-state index contributed by atoms with van der Waals surface area (Å²) in [5, 5.41) is 0.778. The number of rotatable bonds is 7. The minimum absolute atomic E-state index is 0.234. The van der Waals surface area contributed by atoms with Crippen molar-refractivity contribution in [1.82, 2.24) is 0 Å². The Bertz CT molecular complexity index is 1130. The molecule has 14 heteroatoms. The molecule has 0 amide bonds. The highest BCUT2D eigenvalue weighted by atomic mass is 32.2. The Morgan fingerprint density at radius 2 is 0.794 bits per heavy atom. The van der Waals surface area contributed by atoms with Gasteiger partial charge in [0.05, 0.1) is 11.4 Å². The van der Waals surface area contributed by atoms with E-state index in [0.717, 1.165) is 0 Å². The Hall–Kier alpha value is -2.48. The minimum atomic E-state index is -5.93. The third kappa shape index (κ3) is 6.34. The zero-order valence-corrected chi connectivity index (χ0v) is 20.1. The molecule has 6 nitrogen and oxygen atoms in total. The van der Waals surface area contributed by atoms with Crippen LogP contribution in [0.4, 0.5) is 37.7 Å². The maximum atomic E-state index is 13.3. The van der Waals surface area contributed by atoms with Crippen LogP contribution >= 0.6 is 0 Å². The van der Waals surface area contributed by atoms with E-state index in [0.29, 0.717) is 32.3 Å². The van der Waals surface area contributed by atoms with Gasteiger partial charge in [-0.3, -0.25) is 10.0 Å². The number of hydrogen-bond donors (Lipinski definition) is 0. The Kier molecular flexibility index (Phi) is 7.58. The number of alkyl halides is 6. The van der Waals surface area contributed by atoms with E-state index in [-0.39, 0.29) is 11.4 Å². The average Bonchev–Trinajstić information content (AvgIpc) is 2.61. The van der Waals surface area contributed by atoms with E-state index >= 15 is 0 Å². The molecule has 190 valence electrons. The highest BCUT2D eigenvalue weighted by molar-refractivity contribution is 7.92. The molecule has 0 radical (unpaired) electrons. The van der Waals surface area contributed by atoms with Crippen LogP contribution in [0.2, 0.25) is 0 Å². The Morgan fingerprint density at radius 3 is 1.00 bits per heavy atom. The fraction of sp³-hybridized carbons (Fsp3) is 0.400. The smallest absolute Gasteiger partial charge is 0.269 e. The number of benzene rings is 2. The van der Waals surface area contributed by atoms with Crippen LogP contribution in [0.25, 0.3) is 0 Å². The summed E-state index contributed by atoms with van der Waals surface area (Å²) in [6.45, 7) is 6.17. The van der Waals surface area contributed by atoms with E-state index < -0.39 is 42.4 Å². The van der Waals surface area contributed by atoms with E-state index in [9.17, 15) is 43.2 Å². The van der Waals surface area contributed by atoms with Gasteiger partial charge in [0.25, 0.3) is 19.7 Å². The van der Waals surface area contributed by atoms with Gasteiger partial charge in [0.2, 0.25) is 0 Å². The standard InChI is InChI=1S/C20H22F6N2O4S2/c1-13-5-14(2)8-17(7-13)27(11-33(29,30)19(21,22)23)28(12-34(31,32)20(24,25)26)18-9-15(3)6-16(4)10-18/h5-10H,11-12H2,1-4H3. The molecule has 0 bridgehead atoms. The van der Waals surface area contributed by atoms with Crippen LogP contribution in [0.1, 0.15) is 22.3 Å². The monoisotopic (exact) mass is 532 g/mol. The molecule has 2 aromatic carbocycles. The van der Waals surface area contributed by atoms with Crippen molar-refractivity contribution >= 4 is 31.0 Å². The lowest BCUT2D eigenvalue weighted by Gasteiger charge is -2.38. The Morgan fingerprint density at radius 1 is 0.559 bits per heavy atom. The third-order valence-corrected chi connectivity index (χ3v) is 7.17. The van der Waals surface area contributed by atoms with Crippen molar-refractivity contribution in [3.8, 4) is 0 Å². The fourth-order valence-electron chi connectivity index (χ4n) is 3.23. The van der Waals surface area contributed by atoms with Gasteiger partial charge in [-0.2, -0.15) is 26.3 Å². The van der Waals surface area contributed by atoms with Crippen LogP contribution in [-0.2, 0) is 19.7 Å². The predicted octanol–water partition coefficient (Wildman–Crippen LogP) is 4.93. The Balaban J connectivity index is 2.86. The first-order valence-electron chi connectivity index (χ1n) is 9.53. The maximum Gasteiger partial charge on any atom is 0.499 e. The van der Waals surface area contributed by atoms with Gasteiger partial charge in [0.1, 0.15) is 0 Å². The number of hydrazine groups is 1. The molecule has 0 aliphatic heterocycles. The van der Waals surface area contributed by atoms with Gasteiger partial charge >= 0.3 is 11.0 Å². The number of halogens is 6. The van der Waals surface area contributed by atoms with E-state index in [1.807, 2.05) is 0 Å². The van der Waals surface area contributed by atoms with Gasteiger partial charge in [-0.05, 0) is 74.2 Å². The van der Waals surface area contributed by atoms with E-state index in [2.05, 4.69) is 0 Å². The quantitative estimate of drug-likeness (QED) is 0.372. The molecule has 0 aromatic heterocycles. The summed E-state index contributed by atoms with van der Waals surface area (Å²) in [5.74, 6) is -3.69. The van der Waals surface area contributed by atoms with Crippen LogP contribution < -0.4 is 10.0 Å². The average molecular weight is 533 g/mol. The van der Waals surface area contributed by atoms with Gasteiger partial charge in [-0.25, -0.2) is 16.8 Å². The molecule has 2 rings (SSSR count). The van der Waals surface area contributed by atoms with Gasteiger partial charge in [0, 0.05) is 0 Å². The lowest BCUT2D eigenvalue weighted by molar-refractivity contribution is -0.0444. The second kappa shape index (κ2) is 9.29. The molecule has 0 N–H and O–H groups in total. The molecule has 34 heavy (non-hydrogen) atoms. The predicted molar refractivity (Wildman–Crippen MR) is 116 cm³/mol. The minimum Gasteiger partial charge on any atom is -0.269 e. The number of anilines is 2. The fourth-order valence-corrected chi connectivity index (χ4v) is 4.75.